The average Bonchev–Trinajstić information content (AvgIpc) is 2.71. The van der Waals surface area contributed by atoms with Crippen LogP contribution >= 0.6 is 0 Å². The number of aliphatic hydroxyl groups excluding tert-OH is 2. The van der Waals surface area contributed by atoms with Crippen molar-refractivity contribution in [2.24, 2.45) is 28.6 Å². The summed E-state index contributed by atoms with van der Waals surface area (Å²) in [5, 5.41) is 43.9. The van der Waals surface area contributed by atoms with Gasteiger partial charge in [-0.25, -0.2) is 0 Å². The molecule has 2 bridgehead atoms. The molecule has 0 saturated heterocycles. The fourth-order valence-electron chi connectivity index (χ4n) is 6.96. The van der Waals surface area contributed by atoms with Crippen LogP contribution in [0.15, 0.2) is 12.2 Å². The molecule has 140 valence electrons. The average molecular weight is 350 g/mol. The van der Waals surface area contributed by atoms with Crippen LogP contribution in [0.3, 0.4) is 0 Å². The third kappa shape index (κ3) is 1.81. The Kier molecular flexibility index (Phi) is 3.35. The minimum absolute atomic E-state index is 0.0354. The van der Waals surface area contributed by atoms with Crippen LogP contribution in [0.4, 0.5) is 0 Å². The van der Waals surface area contributed by atoms with E-state index in [1.165, 1.54) is 0 Å². The molecule has 0 amide bonds. The van der Waals surface area contributed by atoms with Crippen molar-refractivity contribution in [2.45, 2.75) is 76.3 Å². The summed E-state index contributed by atoms with van der Waals surface area (Å²) >= 11 is 0. The summed E-state index contributed by atoms with van der Waals surface area (Å²) in [7, 11) is 0. The standard InChI is InChI=1S/C20H30O5/c1-10-11-5-6-12-16(23)19(11,9-18(12,4)24)8-15(22)20(25)13(10)7-14(21)17(20,2)3/h11-14,16,21,23-25H,1,5-9H2,2-4H3/t11-,12?,13-,14-,16-,18+,19?,20-/m0/s1. The van der Waals surface area contributed by atoms with Crippen LogP contribution in [0.25, 0.3) is 0 Å². The summed E-state index contributed by atoms with van der Waals surface area (Å²) in [5.41, 5.74) is -3.62. The van der Waals surface area contributed by atoms with Gasteiger partial charge in [0.05, 0.1) is 17.8 Å². The third-order valence-corrected chi connectivity index (χ3v) is 8.50. The lowest BCUT2D eigenvalue weighted by Gasteiger charge is -2.44. The molecule has 4 saturated carbocycles. The monoisotopic (exact) mass is 350 g/mol. The molecule has 0 heterocycles. The number of rotatable bonds is 0. The van der Waals surface area contributed by atoms with Gasteiger partial charge in [-0.15, -0.1) is 0 Å². The molecule has 4 rings (SSSR count). The van der Waals surface area contributed by atoms with Crippen LogP contribution in [0, 0.1) is 28.6 Å². The predicted octanol–water partition coefficient (Wildman–Crippen LogP) is 1.18. The SMILES string of the molecule is C=C1[C@@H]2CCC3[C@H](O)C2(CC(=O)[C@@]2(O)[C@H]1C[C@H](O)C2(C)C)C[C@@]3(C)O. The van der Waals surface area contributed by atoms with Gasteiger partial charge in [0.15, 0.2) is 5.78 Å². The summed E-state index contributed by atoms with van der Waals surface area (Å²) in [6, 6.07) is 0. The smallest absolute Gasteiger partial charge is 0.166 e. The first-order chi connectivity index (χ1) is 11.4. The molecule has 0 radical (unpaired) electrons. The molecule has 0 aromatic rings. The zero-order valence-corrected chi connectivity index (χ0v) is 15.3. The van der Waals surface area contributed by atoms with E-state index in [1.54, 1.807) is 20.8 Å². The van der Waals surface area contributed by atoms with Crippen molar-refractivity contribution in [2.75, 3.05) is 0 Å². The van der Waals surface area contributed by atoms with Gasteiger partial charge in [-0.3, -0.25) is 4.79 Å². The lowest BCUT2D eigenvalue weighted by molar-refractivity contribution is -0.159. The zero-order valence-electron chi connectivity index (χ0n) is 15.3. The van der Waals surface area contributed by atoms with E-state index in [-0.39, 0.29) is 24.0 Å². The van der Waals surface area contributed by atoms with Crippen molar-refractivity contribution in [1.82, 2.24) is 0 Å². The Balaban J connectivity index is 1.86. The largest absolute Gasteiger partial charge is 0.392 e. The molecule has 8 atom stereocenters. The molecule has 2 unspecified atom stereocenters. The molecule has 4 N–H and O–H groups in total. The highest BCUT2D eigenvalue weighted by Crippen LogP contribution is 2.67. The fraction of sp³-hybridized carbons (Fsp3) is 0.850. The molecule has 0 aliphatic heterocycles. The fourth-order valence-corrected chi connectivity index (χ4v) is 6.96. The molecule has 25 heavy (non-hydrogen) atoms. The van der Waals surface area contributed by atoms with Gasteiger partial charge in [0, 0.05) is 29.1 Å². The van der Waals surface area contributed by atoms with Gasteiger partial charge in [0.2, 0.25) is 0 Å². The Labute approximate surface area is 148 Å². The molecule has 0 aromatic carbocycles. The van der Waals surface area contributed by atoms with Crippen molar-refractivity contribution >= 4 is 5.78 Å². The Hall–Kier alpha value is -0.750. The summed E-state index contributed by atoms with van der Waals surface area (Å²) in [6.07, 6.45) is 0.609. The zero-order chi connectivity index (χ0) is 18.6. The van der Waals surface area contributed by atoms with E-state index in [1.807, 2.05) is 0 Å². The number of carbonyl (C=O) groups is 1. The van der Waals surface area contributed by atoms with E-state index in [4.69, 9.17) is 0 Å². The maximum Gasteiger partial charge on any atom is 0.166 e. The molecule has 1 spiro atoms. The van der Waals surface area contributed by atoms with Crippen LogP contribution in [0.1, 0.15) is 52.9 Å². The minimum atomic E-state index is -1.67. The van der Waals surface area contributed by atoms with E-state index in [9.17, 15) is 25.2 Å². The second kappa shape index (κ2) is 4.75. The van der Waals surface area contributed by atoms with Crippen molar-refractivity contribution in [3.05, 3.63) is 12.2 Å². The lowest BCUT2D eigenvalue weighted by Crippen LogP contribution is -2.54. The summed E-state index contributed by atoms with van der Waals surface area (Å²) < 4.78 is 0. The van der Waals surface area contributed by atoms with E-state index in [0.717, 1.165) is 12.0 Å². The van der Waals surface area contributed by atoms with Gasteiger partial charge in [-0.05, 0) is 38.5 Å². The van der Waals surface area contributed by atoms with Crippen LogP contribution in [0.5, 0.6) is 0 Å². The number of hydrogen-bond acceptors (Lipinski definition) is 5. The maximum atomic E-state index is 13.3. The minimum Gasteiger partial charge on any atom is -0.392 e. The first-order valence-electron chi connectivity index (χ1n) is 9.42. The highest BCUT2D eigenvalue weighted by atomic mass is 16.3. The number of fused-ring (bicyclic) bond motifs is 2. The summed E-state index contributed by atoms with van der Waals surface area (Å²) in [6.45, 7) is 9.48. The Morgan fingerprint density at radius 3 is 2.36 bits per heavy atom. The highest BCUT2D eigenvalue weighted by Gasteiger charge is 2.72. The second-order valence-corrected chi connectivity index (χ2v) is 9.92. The van der Waals surface area contributed by atoms with Crippen LogP contribution in [-0.4, -0.2) is 49.6 Å². The summed E-state index contributed by atoms with van der Waals surface area (Å²) in [5.74, 6) is -1.17. The normalized spacial score (nSPS) is 57.2. The lowest BCUT2D eigenvalue weighted by atomic mass is 9.61. The van der Waals surface area contributed by atoms with Crippen molar-refractivity contribution in [3.63, 3.8) is 0 Å². The topological polar surface area (TPSA) is 98.0 Å². The van der Waals surface area contributed by atoms with Gasteiger partial charge in [0.1, 0.15) is 5.60 Å². The number of Topliss-reactive ketones (excluding diaryl/α,β-unsaturated/α-hetero) is 1. The maximum absolute atomic E-state index is 13.3. The van der Waals surface area contributed by atoms with E-state index >= 15 is 0 Å². The third-order valence-electron chi connectivity index (χ3n) is 8.50. The van der Waals surface area contributed by atoms with Gasteiger partial charge in [0.25, 0.3) is 0 Å². The molecule has 5 heteroatoms. The number of carbonyl (C=O) groups excluding carboxylic acids is 1. The van der Waals surface area contributed by atoms with Crippen LogP contribution < -0.4 is 0 Å². The van der Waals surface area contributed by atoms with Gasteiger partial charge < -0.3 is 20.4 Å². The van der Waals surface area contributed by atoms with Gasteiger partial charge in [-0.1, -0.05) is 26.0 Å². The van der Waals surface area contributed by atoms with Crippen molar-refractivity contribution < 1.29 is 25.2 Å². The van der Waals surface area contributed by atoms with Crippen molar-refractivity contribution in [1.29, 1.82) is 0 Å². The Morgan fingerprint density at radius 1 is 1.08 bits per heavy atom. The number of aliphatic hydroxyl groups is 4. The number of ketones is 1. The summed E-state index contributed by atoms with van der Waals surface area (Å²) in [4.78, 5) is 13.3. The molecule has 4 aliphatic rings. The van der Waals surface area contributed by atoms with E-state index < -0.39 is 40.2 Å². The van der Waals surface area contributed by atoms with Crippen molar-refractivity contribution in [3.8, 4) is 0 Å². The first-order valence-corrected chi connectivity index (χ1v) is 9.42. The van der Waals surface area contributed by atoms with Gasteiger partial charge >= 0.3 is 0 Å². The van der Waals surface area contributed by atoms with E-state index in [0.29, 0.717) is 19.3 Å². The Morgan fingerprint density at radius 2 is 1.72 bits per heavy atom. The quantitative estimate of drug-likeness (QED) is 0.492. The van der Waals surface area contributed by atoms with E-state index in [2.05, 4.69) is 6.58 Å². The molecule has 0 aromatic heterocycles. The first kappa shape index (κ1) is 17.7. The molecule has 5 nitrogen and oxygen atoms in total. The molecule has 4 fully saturated rings. The molecular formula is C20H30O5. The van der Waals surface area contributed by atoms with Crippen LogP contribution in [0.2, 0.25) is 0 Å². The molecule has 4 aliphatic carbocycles. The predicted molar refractivity (Wildman–Crippen MR) is 91.5 cm³/mol. The Bertz CT molecular complexity index is 652. The number of hydrogen-bond donors (Lipinski definition) is 4. The second-order valence-electron chi connectivity index (χ2n) is 9.92. The van der Waals surface area contributed by atoms with Gasteiger partial charge in [-0.2, -0.15) is 0 Å². The molecular weight excluding hydrogens is 320 g/mol. The highest BCUT2D eigenvalue weighted by molar-refractivity contribution is 5.91. The van der Waals surface area contributed by atoms with Crippen LogP contribution in [-0.2, 0) is 4.79 Å².